The molecule has 0 amide bonds. The molecule has 0 spiro atoms. The average molecular weight is 189 g/mol. The molecule has 3 heteroatoms. The zero-order chi connectivity index (χ0) is 10.2. The minimum atomic E-state index is -0.471. The molecule has 0 aromatic carbocycles. The standard InChI is InChI=1S/C11H11NO2/c1-2-14-11(13)5-3-4-10-6-8-12-9-7-10/h6-9H,2,4H2,1H3. The van der Waals surface area contributed by atoms with E-state index in [0.717, 1.165) is 5.56 Å². The minimum Gasteiger partial charge on any atom is -0.456 e. The molecule has 0 atom stereocenters. The van der Waals surface area contributed by atoms with Crippen molar-refractivity contribution in [2.24, 2.45) is 0 Å². The molecule has 0 aliphatic rings. The third-order valence-electron chi connectivity index (χ3n) is 1.51. The number of carbonyl (C=O) groups is 1. The van der Waals surface area contributed by atoms with Crippen molar-refractivity contribution in [1.29, 1.82) is 0 Å². The zero-order valence-electron chi connectivity index (χ0n) is 7.99. The van der Waals surface area contributed by atoms with Gasteiger partial charge in [0.2, 0.25) is 0 Å². The number of hydrogen-bond donors (Lipinski definition) is 0. The van der Waals surface area contributed by atoms with Gasteiger partial charge in [-0.2, -0.15) is 0 Å². The molecular formula is C11H11NO2. The quantitative estimate of drug-likeness (QED) is 0.398. The van der Waals surface area contributed by atoms with Crippen LogP contribution in [0.4, 0.5) is 0 Å². The molecule has 0 saturated carbocycles. The molecule has 3 nitrogen and oxygen atoms in total. The fourth-order valence-corrected chi connectivity index (χ4v) is 0.886. The van der Waals surface area contributed by atoms with E-state index < -0.39 is 5.97 Å². The predicted octanol–water partition coefficient (Wildman–Crippen LogP) is 1.19. The number of hydrogen-bond acceptors (Lipinski definition) is 3. The van der Waals surface area contributed by atoms with Crippen molar-refractivity contribution < 1.29 is 9.53 Å². The van der Waals surface area contributed by atoms with Gasteiger partial charge in [-0.3, -0.25) is 4.98 Å². The summed E-state index contributed by atoms with van der Waals surface area (Å²) >= 11 is 0. The molecule has 1 heterocycles. The molecule has 0 fully saturated rings. The first kappa shape index (κ1) is 10.3. The van der Waals surface area contributed by atoms with Gasteiger partial charge < -0.3 is 4.74 Å². The van der Waals surface area contributed by atoms with Crippen LogP contribution in [0.3, 0.4) is 0 Å². The van der Waals surface area contributed by atoms with E-state index in [-0.39, 0.29) is 0 Å². The number of carbonyl (C=O) groups excluding carboxylic acids is 1. The fraction of sp³-hybridized carbons (Fsp3) is 0.273. The van der Waals surface area contributed by atoms with Crippen LogP contribution in [-0.4, -0.2) is 17.6 Å². The number of aromatic nitrogens is 1. The van der Waals surface area contributed by atoms with Crippen molar-refractivity contribution in [3.63, 3.8) is 0 Å². The lowest BCUT2D eigenvalue weighted by Gasteiger charge is -1.92. The number of pyridine rings is 1. The Morgan fingerprint density at radius 3 is 2.86 bits per heavy atom. The molecule has 1 rings (SSSR count). The lowest BCUT2D eigenvalue weighted by atomic mass is 10.2. The summed E-state index contributed by atoms with van der Waals surface area (Å²) in [7, 11) is 0. The van der Waals surface area contributed by atoms with Crippen LogP contribution in [0.15, 0.2) is 24.5 Å². The molecule has 1 aromatic rings. The van der Waals surface area contributed by atoms with Crippen molar-refractivity contribution >= 4 is 5.97 Å². The fourth-order valence-electron chi connectivity index (χ4n) is 0.886. The van der Waals surface area contributed by atoms with Crippen LogP contribution in [0.25, 0.3) is 0 Å². The topological polar surface area (TPSA) is 39.2 Å². The Hall–Kier alpha value is -1.82. The first-order chi connectivity index (χ1) is 6.83. The van der Waals surface area contributed by atoms with Crippen LogP contribution in [0.1, 0.15) is 12.5 Å². The van der Waals surface area contributed by atoms with E-state index in [1.54, 1.807) is 19.3 Å². The lowest BCUT2D eigenvalue weighted by Crippen LogP contribution is -1.99. The minimum absolute atomic E-state index is 0.364. The van der Waals surface area contributed by atoms with Gasteiger partial charge >= 0.3 is 5.97 Å². The van der Waals surface area contributed by atoms with E-state index in [9.17, 15) is 4.79 Å². The van der Waals surface area contributed by atoms with Crippen LogP contribution in [-0.2, 0) is 16.0 Å². The molecule has 0 aliphatic heterocycles. The molecule has 14 heavy (non-hydrogen) atoms. The number of rotatable bonds is 2. The first-order valence-corrected chi connectivity index (χ1v) is 4.37. The maximum Gasteiger partial charge on any atom is 0.384 e. The second-order valence-corrected chi connectivity index (χ2v) is 2.55. The van der Waals surface area contributed by atoms with Crippen molar-refractivity contribution in [2.75, 3.05) is 6.61 Å². The van der Waals surface area contributed by atoms with Gasteiger partial charge in [0, 0.05) is 24.7 Å². The van der Waals surface area contributed by atoms with Crippen molar-refractivity contribution in [3.05, 3.63) is 30.1 Å². The summed E-state index contributed by atoms with van der Waals surface area (Å²) in [6.45, 7) is 2.12. The average Bonchev–Trinajstić information content (AvgIpc) is 2.20. The Morgan fingerprint density at radius 1 is 1.50 bits per heavy atom. The van der Waals surface area contributed by atoms with Crippen LogP contribution in [0, 0.1) is 11.8 Å². The van der Waals surface area contributed by atoms with E-state index in [1.807, 2.05) is 12.1 Å². The van der Waals surface area contributed by atoms with E-state index >= 15 is 0 Å². The van der Waals surface area contributed by atoms with Gasteiger partial charge in [0.1, 0.15) is 0 Å². The van der Waals surface area contributed by atoms with Crippen LogP contribution in [0.5, 0.6) is 0 Å². The monoisotopic (exact) mass is 189 g/mol. The normalized spacial score (nSPS) is 8.64. The second kappa shape index (κ2) is 5.76. The Kier molecular flexibility index (Phi) is 4.22. The van der Waals surface area contributed by atoms with Crippen molar-refractivity contribution in [3.8, 4) is 11.8 Å². The molecule has 0 radical (unpaired) electrons. The highest BCUT2D eigenvalue weighted by molar-refractivity contribution is 5.88. The number of nitrogens with zero attached hydrogens (tertiary/aromatic N) is 1. The molecule has 0 N–H and O–H groups in total. The van der Waals surface area contributed by atoms with Crippen molar-refractivity contribution in [1.82, 2.24) is 4.98 Å². The maximum atomic E-state index is 10.8. The van der Waals surface area contributed by atoms with E-state index in [0.29, 0.717) is 13.0 Å². The molecule has 72 valence electrons. The molecule has 0 unspecified atom stereocenters. The second-order valence-electron chi connectivity index (χ2n) is 2.55. The Morgan fingerprint density at radius 2 is 2.21 bits per heavy atom. The van der Waals surface area contributed by atoms with E-state index in [4.69, 9.17) is 0 Å². The largest absolute Gasteiger partial charge is 0.456 e. The van der Waals surface area contributed by atoms with E-state index in [2.05, 4.69) is 21.6 Å². The predicted molar refractivity (Wildman–Crippen MR) is 52.4 cm³/mol. The Balaban J connectivity index is 2.44. The smallest absolute Gasteiger partial charge is 0.384 e. The summed E-state index contributed by atoms with van der Waals surface area (Å²) < 4.78 is 4.65. The van der Waals surface area contributed by atoms with Gasteiger partial charge in [-0.05, 0) is 24.6 Å². The SMILES string of the molecule is CCOC(=O)C#CCc1ccncc1. The molecule has 0 aliphatic carbocycles. The van der Waals surface area contributed by atoms with Crippen LogP contribution >= 0.6 is 0 Å². The van der Waals surface area contributed by atoms with Crippen LogP contribution < -0.4 is 0 Å². The number of esters is 1. The Labute approximate surface area is 83.1 Å². The third-order valence-corrected chi connectivity index (χ3v) is 1.51. The highest BCUT2D eigenvalue weighted by Crippen LogP contribution is 1.95. The first-order valence-electron chi connectivity index (χ1n) is 4.37. The van der Waals surface area contributed by atoms with Gasteiger partial charge in [0.15, 0.2) is 0 Å². The highest BCUT2D eigenvalue weighted by Gasteiger charge is 1.92. The summed E-state index contributed by atoms with van der Waals surface area (Å²) in [6, 6.07) is 3.72. The van der Waals surface area contributed by atoms with E-state index in [1.165, 1.54) is 0 Å². The molecule has 1 aromatic heterocycles. The Bertz CT molecular complexity index is 349. The van der Waals surface area contributed by atoms with Crippen LogP contribution in [0.2, 0.25) is 0 Å². The van der Waals surface area contributed by atoms with Gasteiger partial charge in [-0.25, -0.2) is 4.79 Å². The van der Waals surface area contributed by atoms with Gasteiger partial charge in [0.05, 0.1) is 6.61 Å². The van der Waals surface area contributed by atoms with Gasteiger partial charge in [0.25, 0.3) is 0 Å². The zero-order valence-corrected chi connectivity index (χ0v) is 7.99. The molecule has 0 saturated heterocycles. The molecular weight excluding hydrogens is 178 g/mol. The summed E-state index contributed by atoms with van der Waals surface area (Å²) in [5.41, 5.74) is 1.04. The lowest BCUT2D eigenvalue weighted by molar-refractivity contribution is -0.136. The van der Waals surface area contributed by atoms with Crippen molar-refractivity contribution in [2.45, 2.75) is 13.3 Å². The maximum absolute atomic E-state index is 10.8. The summed E-state index contributed by atoms with van der Waals surface area (Å²) in [5, 5.41) is 0. The highest BCUT2D eigenvalue weighted by atomic mass is 16.5. The summed E-state index contributed by atoms with van der Waals surface area (Å²) in [4.78, 5) is 14.7. The van der Waals surface area contributed by atoms with Gasteiger partial charge in [-0.15, -0.1) is 0 Å². The molecule has 0 bridgehead atoms. The summed E-state index contributed by atoms with van der Waals surface area (Å²) in [6.07, 6.45) is 3.93. The van der Waals surface area contributed by atoms with Gasteiger partial charge in [-0.1, -0.05) is 5.92 Å². The summed E-state index contributed by atoms with van der Waals surface area (Å²) in [5.74, 6) is 4.66. The third kappa shape index (κ3) is 3.72. The number of ether oxygens (including phenoxy) is 1.